The molecule has 1 N–H and O–H groups in total. The van der Waals surface area contributed by atoms with E-state index in [1.165, 1.54) is 16.1 Å². The minimum atomic E-state index is 0.626. The second-order valence-electron chi connectivity index (χ2n) is 4.39. The fourth-order valence-corrected chi connectivity index (χ4v) is 3.22. The lowest BCUT2D eigenvalue weighted by Crippen LogP contribution is -2.39. The van der Waals surface area contributed by atoms with Gasteiger partial charge in [-0.3, -0.25) is 0 Å². The molecule has 0 atom stereocenters. The number of hydrogen-bond donors (Lipinski definition) is 1. The lowest BCUT2D eigenvalue weighted by Gasteiger charge is -2.24. The summed E-state index contributed by atoms with van der Waals surface area (Å²) < 4.78 is 1.11. The number of benzene rings is 1. The number of hydrogen-bond acceptors (Lipinski definition) is 3. The van der Waals surface area contributed by atoms with Gasteiger partial charge in [-0.05, 0) is 24.6 Å². The van der Waals surface area contributed by atoms with E-state index in [9.17, 15) is 0 Å². The SMILES string of the molecule is Cc1ccc(Br)cc1-c1csc(C2CNC2)n1. The second kappa shape index (κ2) is 4.52. The summed E-state index contributed by atoms with van der Waals surface area (Å²) in [5.74, 6) is 0.626. The second-order valence-corrected chi connectivity index (χ2v) is 6.19. The maximum Gasteiger partial charge on any atom is 0.0989 e. The van der Waals surface area contributed by atoms with E-state index in [0.717, 1.165) is 23.3 Å². The highest BCUT2D eigenvalue weighted by atomic mass is 79.9. The third kappa shape index (κ3) is 2.17. The molecular formula is C13H13BrN2S. The Morgan fingerprint density at radius 1 is 1.41 bits per heavy atom. The van der Waals surface area contributed by atoms with Crippen molar-refractivity contribution in [2.24, 2.45) is 0 Å². The molecule has 0 amide bonds. The van der Waals surface area contributed by atoms with E-state index >= 15 is 0 Å². The molecule has 2 nitrogen and oxygen atoms in total. The Balaban J connectivity index is 1.97. The highest BCUT2D eigenvalue weighted by Gasteiger charge is 2.22. The quantitative estimate of drug-likeness (QED) is 0.917. The maximum absolute atomic E-state index is 4.76. The van der Waals surface area contributed by atoms with Crippen molar-refractivity contribution >= 4 is 27.3 Å². The van der Waals surface area contributed by atoms with Gasteiger partial charge in [0.05, 0.1) is 10.7 Å². The average Bonchev–Trinajstić information content (AvgIpc) is 2.68. The van der Waals surface area contributed by atoms with E-state index in [2.05, 4.69) is 51.7 Å². The van der Waals surface area contributed by atoms with Gasteiger partial charge in [0.2, 0.25) is 0 Å². The predicted molar refractivity (Wildman–Crippen MR) is 75.6 cm³/mol. The van der Waals surface area contributed by atoms with Crippen LogP contribution in [0, 0.1) is 6.92 Å². The molecule has 0 spiro atoms. The van der Waals surface area contributed by atoms with E-state index in [1.54, 1.807) is 11.3 Å². The number of aryl methyl sites for hydroxylation is 1. The van der Waals surface area contributed by atoms with Crippen LogP contribution in [0.1, 0.15) is 16.5 Å². The van der Waals surface area contributed by atoms with Crippen LogP contribution in [0.15, 0.2) is 28.1 Å². The number of thiazole rings is 1. The summed E-state index contributed by atoms with van der Waals surface area (Å²) in [6, 6.07) is 6.35. The average molecular weight is 309 g/mol. The smallest absolute Gasteiger partial charge is 0.0989 e. The van der Waals surface area contributed by atoms with E-state index in [4.69, 9.17) is 4.98 Å². The van der Waals surface area contributed by atoms with Crippen molar-refractivity contribution in [1.82, 2.24) is 10.3 Å². The summed E-state index contributed by atoms with van der Waals surface area (Å²) in [6.07, 6.45) is 0. The first kappa shape index (κ1) is 11.4. The molecule has 1 aliphatic heterocycles. The van der Waals surface area contributed by atoms with Gasteiger partial charge in [-0.2, -0.15) is 0 Å². The Labute approximate surface area is 113 Å². The number of aromatic nitrogens is 1. The Bertz CT molecular complexity index is 546. The van der Waals surface area contributed by atoms with E-state index < -0.39 is 0 Å². The molecule has 88 valence electrons. The van der Waals surface area contributed by atoms with Gasteiger partial charge >= 0.3 is 0 Å². The van der Waals surface area contributed by atoms with Crippen LogP contribution in [0.5, 0.6) is 0 Å². The summed E-state index contributed by atoms with van der Waals surface area (Å²) in [5.41, 5.74) is 3.61. The summed E-state index contributed by atoms with van der Waals surface area (Å²) in [4.78, 5) is 4.76. The van der Waals surface area contributed by atoms with Crippen LogP contribution in [0.25, 0.3) is 11.3 Å². The molecule has 2 heterocycles. The molecule has 0 aliphatic carbocycles. The first-order valence-corrected chi connectivity index (χ1v) is 7.34. The molecule has 0 unspecified atom stereocenters. The zero-order valence-corrected chi connectivity index (χ0v) is 11.9. The standard InChI is InChI=1S/C13H13BrN2S/c1-8-2-3-10(14)4-11(8)12-7-17-13(16-12)9-5-15-6-9/h2-4,7,9,15H,5-6H2,1H3. The lowest BCUT2D eigenvalue weighted by atomic mass is 10.0. The highest BCUT2D eigenvalue weighted by molar-refractivity contribution is 9.10. The molecule has 4 heteroatoms. The Kier molecular flexibility index (Phi) is 3.03. The van der Waals surface area contributed by atoms with Crippen LogP contribution >= 0.6 is 27.3 Å². The Morgan fingerprint density at radius 2 is 2.24 bits per heavy atom. The zero-order valence-electron chi connectivity index (χ0n) is 9.53. The third-order valence-electron chi connectivity index (χ3n) is 3.13. The largest absolute Gasteiger partial charge is 0.315 e. The van der Waals surface area contributed by atoms with E-state index in [-0.39, 0.29) is 0 Å². The summed E-state index contributed by atoms with van der Waals surface area (Å²) in [7, 11) is 0. The molecule has 0 saturated carbocycles. The molecular weight excluding hydrogens is 296 g/mol. The Hall–Kier alpha value is -0.710. The number of halogens is 1. The monoisotopic (exact) mass is 308 g/mol. The van der Waals surface area contributed by atoms with Crippen molar-refractivity contribution in [3.8, 4) is 11.3 Å². The number of nitrogens with zero attached hydrogens (tertiary/aromatic N) is 1. The molecule has 1 fully saturated rings. The van der Waals surface area contributed by atoms with E-state index in [1.807, 2.05) is 0 Å². The minimum absolute atomic E-state index is 0.626. The van der Waals surface area contributed by atoms with Gasteiger partial charge < -0.3 is 5.32 Å². The lowest BCUT2D eigenvalue weighted by molar-refractivity contribution is 0.447. The predicted octanol–water partition coefficient (Wildman–Crippen LogP) is 3.57. The van der Waals surface area contributed by atoms with Crippen LogP contribution in [0.4, 0.5) is 0 Å². The molecule has 2 aromatic rings. The van der Waals surface area contributed by atoms with Crippen LogP contribution in [0.2, 0.25) is 0 Å². The van der Waals surface area contributed by atoms with Gasteiger partial charge in [-0.15, -0.1) is 11.3 Å². The fraction of sp³-hybridized carbons (Fsp3) is 0.308. The van der Waals surface area contributed by atoms with Gasteiger partial charge in [-0.1, -0.05) is 22.0 Å². The molecule has 1 aromatic carbocycles. The molecule has 0 radical (unpaired) electrons. The Morgan fingerprint density at radius 3 is 2.94 bits per heavy atom. The molecule has 1 saturated heterocycles. The third-order valence-corrected chi connectivity index (χ3v) is 4.63. The molecule has 3 rings (SSSR count). The van der Waals surface area contributed by atoms with Crippen LogP contribution in [-0.4, -0.2) is 18.1 Å². The van der Waals surface area contributed by atoms with Crippen molar-refractivity contribution in [3.63, 3.8) is 0 Å². The first-order chi connectivity index (χ1) is 8.24. The zero-order chi connectivity index (χ0) is 11.8. The van der Waals surface area contributed by atoms with Gasteiger partial charge in [0.15, 0.2) is 0 Å². The summed E-state index contributed by atoms with van der Waals surface area (Å²) in [6.45, 7) is 4.28. The molecule has 1 aromatic heterocycles. The van der Waals surface area contributed by atoms with Gasteiger partial charge in [-0.25, -0.2) is 4.98 Å². The number of nitrogens with one attached hydrogen (secondary N) is 1. The fourth-order valence-electron chi connectivity index (χ4n) is 1.93. The molecule has 1 aliphatic rings. The van der Waals surface area contributed by atoms with Crippen LogP contribution < -0.4 is 5.32 Å². The van der Waals surface area contributed by atoms with E-state index in [0.29, 0.717) is 5.92 Å². The molecule has 17 heavy (non-hydrogen) atoms. The van der Waals surface area contributed by atoms with Crippen molar-refractivity contribution in [1.29, 1.82) is 0 Å². The first-order valence-electron chi connectivity index (χ1n) is 5.67. The van der Waals surface area contributed by atoms with Crippen molar-refractivity contribution in [2.45, 2.75) is 12.8 Å². The minimum Gasteiger partial charge on any atom is -0.315 e. The van der Waals surface area contributed by atoms with Gasteiger partial charge in [0.1, 0.15) is 0 Å². The van der Waals surface area contributed by atoms with Gasteiger partial charge in [0, 0.05) is 34.4 Å². The van der Waals surface area contributed by atoms with Gasteiger partial charge in [0.25, 0.3) is 0 Å². The molecule has 0 bridgehead atoms. The van der Waals surface area contributed by atoms with Crippen molar-refractivity contribution in [3.05, 3.63) is 38.6 Å². The normalized spacial score (nSPS) is 15.9. The summed E-state index contributed by atoms with van der Waals surface area (Å²) in [5, 5.41) is 6.72. The number of rotatable bonds is 2. The highest BCUT2D eigenvalue weighted by Crippen LogP contribution is 2.31. The topological polar surface area (TPSA) is 24.9 Å². The van der Waals surface area contributed by atoms with Crippen LogP contribution in [-0.2, 0) is 0 Å². The maximum atomic E-state index is 4.76. The van der Waals surface area contributed by atoms with Crippen molar-refractivity contribution < 1.29 is 0 Å². The van der Waals surface area contributed by atoms with Crippen LogP contribution in [0.3, 0.4) is 0 Å². The summed E-state index contributed by atoms with van der Waals surface area (Å²) >= 11 is 5.30. The van der Waals surface area contributed by atoms with Crippen molar-refractivity contribution in [2.75, 3.05) is 13.1 Å².